The molecule has 1 aliphatic rings. The maximum absolute atomic E-state index is 12.0. The van der Waals surface area contributed by atoms with Crippen molar-refractivity contribution in [2.24, 2.45) is 0 Å². The van der Waals surface area contributed by atoms with Gasteiger partial charge < -0.3 is 5.32 Å². The number of nitrogens with one attached hydrogen (secondary N) is 1. The van der Waals surface area contributed by atoms with E-state index >= 15 is 0 Å². The van der Waals surface area contributed by atoms with Crippen molar-refractivity contribution >= 4 is 23.5 Å². The fourth-order valence-corrected chi connectivity index (χ4v) is 2.12. The molecule has 0 radical (unpaired) electrons. The second-order valence-corrected chi connectivity index (χ2v) is 4.79. The normalized spacial score (nSPS) is 16.6. The number of hydrogen-bond acceptors (Lipinski definition) is 7. The quantitative estimate of drug-likeness (QED) is 0.482. The van der Waals surface area contributed by atoms with Crippen LogP contribution in [0.1, 0.15) is 17.6 Å². The number of rotatable bonds is 4. The zero-order valence-electron chi connectivity index (χ0n) is 12.1. The molecule has 3 rings (SSSR count). The molecule has 1 aliphatic heterocycles. The van der Waals surface area contributed by atoms with E-state index < -0.39 is 28.5 Å². The predicted molar refractivity (Wildman–Crippen MR) is 80.5 cm³/mol. The van der Waals surface area contributed by atoms with Crippen LogP contribution in [0.2, 0.25) is 0 Å². The molecule has 1 atom stereocenters. The van der Waals surface area contributed by atoms with Gasteiger partial charge in [-0.1, -0.05) is 30.3 Å². The standard InChI is InChI=1S/C14H10N6O4/c21-11-8-10(20(23)24)13-16-17-18-19(13)14(11)15-12(22)7-6-9-4-2-1-3-5-9/h1-8,14H,(H,15,22). The van der Waals surface area contributed by atoms with Crippen LogP contribution in [-0.2, 0) is 9.59 Å². The summed E-state index contributed by atoms with van der Waals surface area (Å²) in [6, 6.07) is 9.10. The Bertz CT molecular complexity index is 870. The van der Waals surface area contributed by atoms with E-state index in [9.17, 15) is 19.7 Å². The Labute approximate surface area is 134 Å². The molecular weight excluding hydrogens is 316 g/mol. The molecular formula is C14H10N6O4. The van der Waals surface area contributed by atoms with Gasteiger partial charge in [0.25, 0.3) is 5.82 Å². The third kappa shape index (κ3) is 2.92. The second kappa shape index (κ2) is 6.20. The van der Waals surface area contributed by atoms with Crippen LogP contribution in [0.5, 0.6) is 0 Å². The SMILES string of the molecule is O=C(C=Cc1ccccc1)NC1C(=O)C=C([N+](=O)[O-])c2nnnn21. The smallest absolute Gasteiger partial charge is 0.319 e. The summed E-state index contributed by atoms with van der Waals surface area (Å²) in [5.41, 5.74) is 0.289. The summed E-state index contributed by atoms with van der Waals surface area (Å²) >= 11 is 0. The fraction of sp³-hybridized carbons (Fsp3) is 0.0714. The molecule has 2 heterocycles. The maximum Gasteiger partial charge on any atom is 0.319 e. The first kappa shape index (κ1) is 15.2. The molecule has 1 unspecified atom stereocenters. The molecule has 0 fully saturated rings. The van der Waals surface area contributed by atoms with Gasteiger partial charge in [-0.2, -0.15) is 4.68 Å². The molecule has 1 amide bonds. The average Bonchev–Trinajstić information content (AvgIpc) is 3.05. The van der Waals surface area contributed by atoms with Crippen molar-refractivity contribution in [3.05, 3.63) is 64.0 Å². The lowest BCUT2D eigenvalue weighted by molar-refractivity contribution is -0.376. The van der Waals surface area contributed by atoms with E-state index in [0.29, 0.717) is 0 Å². The number of amides is 1. The van der Waals surface area contributed by atoms with Crippen molar-refractivity contribution in [1.29, 1.82) is 0 Å². The number of carbonyl (C=O) groups is 2. The van der Waals surface area contributed by atoms with E-state index in [-0.39, 0.29) is 5.82 Å². The van der Waals surface area contributed by atoms with Crippen LogP contribution in [0.25, 0.3) is 11.8 Å². The third-order valence-electron chi connectivity index (χ3n) is 3.22. The second-order valence-electron chi connectivity index (χ2n) is 4.79. The molecule has 0 bridgehead atoms. The zero-order chi connectivity index (χ0) is 17.1. The van der Waals surface area contributed by atoms with Gasteiger partial charge in [0.2, 0.25) is 11.7 Å². The van der Waals surface area contributed by atoms with Crippen LogP contribution in [0.15, 0.2) is 42.5 Å². The minimum absolute atomic E-state index is 0.197. The van der Waals surface area contributed by atoms with Crippen molar-refractivity contribution in [2.45, 2.75) is 6.17 Å². The van der Waals surface area contributed by atoms with Gasteiger partial charge in [-0.25, -0.2) is 0 Å². The molecule has 0 saturated carbocycles. The molecule has 0 saturated heterocycles. The first-order valence-corrected chi connectivity index (χ1v) is 6.78. The van der Waals surface area contributed by atoms with Crippen LogP contribution >= 0.6 is 0 Å². The molecule has 0 aliphatic carbocycles. The predicted octanol–water partition coefficient (Wildman–Crippen LogP) is 0.202. The van der Waals surface area contributed by atoms with E-state index in [1.165, 1.54) is 6.08 Å². The molecule has 1 aromatic heterocycles. The Kier molecular flexibility index (Phi) is 3.93. The maximum atomic E-state index is 12.0. The Hall–Kier alpha value is -3.69. The third-order valence-corrected chi connectivity index (χ3v) is 3.22. The molecule has 10 heteroatoms. The van der Waals surface area contributed by atoms with Crippen molar-refractivity contribution in [3.8, 4) is 0 Å². The van der Waals surface area contributed by atoms with Gasteiger partial charge in [0.1, 0.15) is 0 Å². The van der Waals surface area contributed by atoms with Crippen LogP contribution in [0, 0.1) is 10.1 Å². The van der Waals surface area contributed by atoms with Gasteiger partial charge in [-0.05, 0) is 22.1 Å². The van der Waals surface area contributed by atoms with Crippen LogP contribution in [0.4, 0.5) is 0 Å². The van der Waals surface area contributed by atoms with E-state index in [0.717, 1.165) is 16.3 Å². The van der Waals surface area contributed by atoms with Gasteiger partial charge in [-0.15, -0.1) is 5.10 Å². The highest BCUT2D eigenvalue weighted by molar-refractivity contribution is 6.02. The summed E-state index contributed by atoms with van der Waals surface area (Å²) in [5, 5.41) is 23.7. The number of tetrazole rings is 1. The number of carbonyl (C=O) groups excluding carboxylic acids is 2. The number of aromatic nitrogens is 4. The Balaban J connectivity index is 1.79. The Morgan fingerprint density at radius 1 is 1.33 bits per heavy atom. The number of ketones is 1. The van der Waals surface area contributed by atoms with Gasteiger partial charge in [0.05, 0.1) is 11.0 Å². The van der Waals surface area contributed by atoms with Crippen LogP contribution in [0.3, 0.4) is 0 Å². The minimum atomic E-state index is -1.23. The summed E-state index contributed by atoms with van der Waals surface area (Å²) in [6.07, 6.45) is 2.39. The summed E-state index contributed by atoms with van der Waals surface area (Å²) in [5.74, 6) is -1.45. The lowest BCUT2D eigenvalue weighted by atomic mass is 10.1. The van der Waals surface area contributed by atoms with E-state index in [1.54, 1.807) is 18.2 Å². The molecule has 120 valence electrons. The Morgan fingerprint density at radius 2 is 2.08 bits per heavy atom. The summed E-state index contributed by atoms with van der Waals surface area (Å²) < 4.78 is 0.911. The van der Waals surface area contributed by atoms with Crippen LogP contribution < -0.4 is 5.32 Å². The monoisotopic (exact) mass is 326 g/mol. The molecule has 1 aromatic carbocycles. The number of fused-ring (bicyclic) bond motifs is 1. The highest BCUT2D eigenvalue weighted by Gasteiger charge is 2.36. The van der Waals surface area contributed by atoms with Gasteiger partial charge in [0, 0.05) is 6.08 Å². The molecule has 10 nitrogen and oxygen atoms in total. The molecule has 2 aromatic rings. The van der Waals surface area contributed by atoms with Crippen molar-refractivity contribution in [3.63, 3.8) is 0 Å². The summed E-state index contributed by atoms with van der Waals surface area (Å²) in [6.45, 7) is 0. The number of nitrogens with zero attached hydrogens (tertiary/aromatic N) is 5. The van der Waals surface area contributed by atoms with Crippen molar-refractivity contribution in [1.82, 2.24) is 25.5 Å². The topological polar surface area (TPSA) is 133 Å². The van der Waals surface area contributed by atoms with Gasteiger partial charge in [-0.3, -0.25) is 19.7 Å². The first-order valence-electron chi connectivity index (χ1n) is 6.78. The Morgan fingerprint density at radius 3 is 2.79 bits per heavy atom. The number of hydrogen-bond donors (Lipinski definition) is 1. The van der Waals surface area contributed by atoms with Crippen molar-refractivity contribution < 1.29 is 14.5 Å². The number of benzene rings is 1. The van der Waals surface area contributed by atoms with E-state index in [1.807, 2.05) is 18.2 Å². The largest absolute Gasteiger partial charge is 0.324 e. The highest BCUT2D eigenvalue weighted by Crippen LogP contribution is 2.21. The molecule has 24 heavy (non-hydrogen) atoms. The average molecular weight is 326 g/mol. The van der Waals surface area contributed by atoms with Crippen molar-refractivity contribution in [2.75, 3.05) is 0 Å². The summed E-state index contributed by atoms with van der Waals surface area (Å²) in [4.78, 5) is 34.2. The lowest BCUT2D eigenvalue weighted by Gasteiger charge is -2.18. The number of nitro groups is 1. The van der Waals surface area contributed by atoms with Gasteiger partial charge >= 0.3 is 5.70 Å². The van der Waals surface area contributed by atoms with Crippen LogP contribution in [-0.4, -0.2) is 36.8 Å². The van der Waals surface area contributed by atoms with E-state index in [4.69, 9.17) is 0 Å². The molecule has 0 spiro atoms. The minimum Gasteiger partial charge on any atom is -0.324 e. The summed E-state index contributed by atoms with van der Waals surface area (Å²) in [7, 11) is 0. The molecule has 1 N–H and O–H groups in total. The zero-order valence-corrected chi connectivity index (χ0v) is 12.1. The fourth-order valence-electron chi connectivity index (χ4n) is 2.12. The lowest BCUT2D eigenvalue weighted by Crippen LogP contribution is -2.40. The first-order chi connectivity index (χ1) is 11.6. The van der Waals surface area contributed by atoms with Gasteiger partial charge in [0.15, 0.2) is 6.17 Å². The van der Waals surface area contributed by atoms with E-state index in [2.05, 4.69) is 20.8 Å². The highest BCUT2D eigenvalue weighted by atomic mass is 16.6.